The Balaban J connectivity index is 1.70. The fourth-order valence-electron chi connectivity index (χ4n) is 2.78. The van der Waals surface area contributed by atoms with Gasteiger partial charge in [-0.1, -0.05) is 11.3 Å². The molecule has 2 heterocycles. The number of hydrogen-bond donors (Lipinski definition) is 1. The van der Waals surface area contributed by atoms with E-state index in [1.165, 1.54) is 37.7 Å². The van der Waals surface area contributed by atoms with Crippen molar-refractivity contribution in [3.8, 4) is 11.5 Å². The molecular weight excluding hydrogens is 347 g/mol. The van der Waals surface area contributed by atoms with Crippen molar-refractivity contribution >= 4 is 32.7 Å². The van der Waals surface area contributed by atoms with Gasteiger partial charge >= 0.3 is 5.97 Å². The number of ether oxygens (including phenoxy) is 3. The Morgan fingerprint density at radius 1 is 1.24 bits per heavy atom. The number of cyclic esters (lactones) is 1. The molecule has 0 amide bonds. The molecule has 8 heteroatoms. The van der Waals surface area contributed by atoms with Gasteiger partial charge in [-0.2, -0.15) is 0 Å². The second-order valence-corrected chi connectivity index (χ2v) is 6.36. The van der Waals surface area contributed by atoms with Crippen LogP contribution in [0.15, 0.2) is 30.3 Å². The van der Waals surface area contributed by atoms with Crippen LogP contribution in [0.1, 0.15) is 22.1 Å². The van der Waals surface area contributed by atoms with Crippen molar-refractivity contribution in [3.63, 3.8) is 0 Å². The molecule has 2 aromatic carbocycles. The Hall–Kier alpha value is -2.87. The predicted molar refractivity (Wildman–Crippen MR) is 90.9 cm³/mol. The zero-order chi connectivity index (χ0) is 17.6. The van der Waals surface area contributed by atoms with Gasteiger partial charge in [0.15, 0.2) is 16.6 Å². The van der Waals surface area contributed by atoms with Crippen LogP contribution in [-0.2, 0) is 4.74 Å². The van der Waals surface area contributed by atoms with E-state index in [0.29, 0.717) is 38.0 Å². The fourth-order valence-corrected chi connectivity index (χ4v) is 3.69. The molecule has 3 aromatic rings. The summed E-state index contributed by atoms with van der Waals surface area (Å²) < 4.78 is 29.9. The Morgan fingerprint density at radius 2 is 2.08 bits per heavy atom. The number of rotatable bonds is 4. The largest absolute Gasteiger partial charge is 0.493 e. The van der Waals surface area contributed by atoms with Gasteiger partial charge in [-0.15, -0.1) is 0 Å². The lowest BCUT2D eigenvalue weighted by molar-refractivity contribution is 0.0435. The van der Waals surface area contributed by atoms with E-state index in [0.717, 1.165) is 0 Å². The van der Waals surface area contributed by atoms with Crippen LogP contribution in [0.4, 0.5) is 9.52 Å². The number of aromatic nitrogens is 1. The first-order valence-corrected chi connectivity index (χ1v) is 8.21. The highest BCUT2D eigenvalue weighted by molar-refractivity contribution is 7.22. The highest BCUT2D eigenvalue weighted by atomic mass is 32.1. The SMILES string of the molecule is COc1ccc2c(c1OC)C(=O)O[C@@H]2Nc1nc2ccc(F)cc2s1. The first-order valence-electron chi connectivity index (χ1n) is 7.39. The van der Waals surface area contributed by atoms with Gasteiger partial charge in [-0.3, -0.25) is 0 Å². The van der Waals surface area contributed by atoms with Crippen LogP contribution in [0, 0.1) is 5.82 Å². The third-order valence-electron chi connectivity index (χ3n) is 3.89. The standard InChI is InChI=1S/C17H13FN2O4S/c1-22-11-6-4-9-13(14(11)23-2)16(21)24-15(9)20-17-19-10-5-3-8(18)7-12(10)25-17/h3-7,15H,1-2H3,(H,19,20)/t15-/m0/s1. The number of methoxy groups -OCH3 is 2. The number of nitrogens with zero attached hydrogens (tertiary/aromatic N) is 1. The van der Waals surface area contributed by atoms with E-state index < -0.39 is 12.2 Å². The lowest BCUT2D eigenvalue weighted by Crippen LogP contribution is -2.09. The number of nitrogens with one attached hydrogen (secondary N) is 1. The number of thiazole rings is 1. The predicted octanol–water partition coefficient (Wildman–Crippen LogP) is 3.73. The molecule has 0 saturated heterocycles. The summed E-state index contributed by atoms with van der Waals surface area (Å²) in [5, 5.41) is 3.60. The topological polar surface area (TPSA) is 69.7 Å². The molecule has 1 atom stereocenters. The zero-order valence-electron chi connectivity index (χ0n) is 13.3. The smallest absolute Gasteiger partial charge is 0.344 e. The van der Waals surface area contributed by atoms with Crippen LogP contribution >= 0.6 is 11.3 Å². The van der Waals surface area contributed by atoms with Crippen molar-refractivity contribution < 1.29 is 23.4 Å². The minimum atomic E-state index is -0.701. The van der Waals surface area contributed by atoms with Crippen LogP contribution < -0.4 is 14.8 Å². The van der Waals surface area contributed by atoms with Gasteiger partial charge in [0.1, 0.15) is 11.4 Å². The van der Waals surface area contributed by atoms with Crippen molar-refractivity contribution in [1.82, 2.24) is 4.98 Å². The molecule has 0 radical (unpaired) electrons. The highest BCUT2D eigenvalue weighted by Crippen LogP contribution is 2.42. The average Bonchev–Trinajstić information content (AvgIpc) is 3.14. The molecule has 0 bridgehead atoms. The Kier molecular flexibility index (Phi) is 3.69. The molecule has 0 unspecified atom stereocenters. The Bertz CT molecular complexity index is 988. The molecule has 1 N–H and O–H groups in total. The molecule has 1 aromatic heterocycles. The minimum absolute atomic E-state index is 0.322. The van der Waals surface area contributed by atoms with E-state index in [2.05, 4.69) is 10.3 Å². The summed E-state index contributed by atoms with van der Waals surface area (Å²) >= 11 is 1.28. The monoisotopic (exact) mass is 360 g/mol. The molecule has 25 heavy (non-hydrogen) atoms. The molecule has 1 aliphatic rings. The molecule has 1 aliphatic heterocycles. The molecule has 0 saturated carbocycles. The molecule has 128 valence electrons. The number of benzene rings is 2. The summed E-state index contributed by atoms with van der Waals surface area (Å²) in [6, 6.07) is 7.83. The second kappa shape index (κ2) is 5.89. The lowest BCUT2D eigenvalue weighted by atomic mass is 10.1. The zero-order valence-corrected chi connectivity index (χ0v) is 14.1. The number of hydrogen-bond acceptors (Lipinski definition) is 7. The summed E-state index contributed by atoms with van der Waals surface area (Å²) in [6.45, 7) is 0. The van der Waals surface area contributed by atoms with Crippen LogP contribution in [0.2, 0.25) is 0 Å². The first kappa shape index (κ1) is 15.6. The number of carbonyl (C=O) groups is 1. The van der Waals surface area contributed by atoms with Crippen LogP contribution in [-0.4, -0.2) is 25.2 Å². The maximum atomic E-state index is 13.3. The van der Waals surface area contributed by atoms with E-state index in [4.69, 9.17) is 14.2 Å². The molecule has 6 nitrogen and oxygen atoms in total. The van der Waals surface area contributed by atoms with Gasteiger partial charge in [-0.25, -0.2) is 14.2 Å². The number of fused-ring (bicyclic) bond motifs is 2. The summed E-state index contributed by atoms with van der Waals surface area (Å²) in [5.41, 5.74) is 1.63. The van der Waals surface area contributed by atoms with Crippen molar-refractivity contribution in [3.05, 3.63) is 47.3 Å². The molecule has 4 rings (SSSR count). The van der Waals surface area contributed by atoms with Gasteiger partial charge in [0, 0.05) is 5.56 Å². The van der Waals surface area contributed by atoms with Crippen molar-refractivity contribution in [2.45, 2.75) is 6.23 Å². The van der Waals surface area contributed by atoms with E-state index in [1.807, 2.05) is 0 Å². The van der Waals surface area contributed by atoms with Gasteiger partial charge in [0.2, 0.25) is 6.23 Å². The van der Waals surface area contributed by atoms with Gasteiger partial charge in [-0.05, 0) is 30.3 Å². The van der Waals surface area contributed by atoms with Crippen molar-refractivity contribution in [1.29, 1.82) is 0 Å². The maximum absolute atomic E-state index is 13.3. The van der Waals surface area contributed by atoms with Gasteiger partial charge < -0.3 is 19.5 Å². The van der Waals surface area contributed by atoms with Crippen LogP contribution in [0.5, 0.6) is 11.5 Å². The Labute approximate surface area is 146 Å². The fraction of sp³-hybridized carbons (Fsp3) is 0.176. The minimum Gasteiger partial charge on any atom is -0.493 e. The summed E-state index contributed by atoms with van der Waals surface area (Å²) in [4.78, 5) is 16.7. The van der Waals surface area contributed by atoms with Crippen molar-refractivity contribution in [2.75, 3.05) is 19.5 Å². The average molecular weight is 360 g/mol. The maximum Gasteiger partial charge on any atom is 0.344 e. The third-order valence-corrected chi connectivity index (χ3v) is 4.84. The third kappa shape index (κ3) is 2.54. The van der Waals surface area contributed by atoms with E-state index >= 15 is 0 Å². The lowest BCUT2D eigenvalue weighted by Gasteiger charge is -2.13. The molecule has 0 aliphatic carbocycles. The number of esters is 1. The summed E-state index contributed by atoms with van der Waals surface area (Å²) in [5.74, 6) is -0.0393. The molecular formula is C17H13FN2O4S. The molecule has 0 fully saturated rings. The van der Waals surface area contributed by atoms with E-state index in [1.54, 1.807) is 18.2 Å². The van der Waals surface area contributed by atoms with E-state index in [-0.39, 0.29) is 5.82 Å². The summed E-state index contributed by atoms with van der Waals surface area (Å²) in [7, 11) is 2.97. The van der Waals surface area contributed by atoms with Crippen LogP contribution in [0.3, 0.4) is 0 Å². The summed E-state index contributed by atoms with van der Waals surface area (Å²) in [6.07, 6.45) is -0.701. The first-order chi connectivity index (χ1) is 12.1. The Morgan fingerprint density at radius 3 is 2.84 bits per heavy atom. The van der Waals surface area contributed by atoms with Crippen molar-refractivity contribution in [2.24, 2.45) is 0 Å². The van der Waals surface area contributed by atoms with Gasteiger partial charge in [0.25, 0.3) is 0 Å². The normalized spacial score (nSPS) is 15.8. The highest BCUT2D eigenvalue weighted by Gasteiger charge is 2.36. The van der Waals surface area contributed by atoms with Gasteiger partial charge in [0.05, 0.1) is 24.4 Å². The number of anilines is 1. The van der Waals surface area contributed by atoms with Crippen LogP contribution in [0.25, 0.3) is 10.2 Å². The number of carbonyl (C=O) groups excluding carboxylic acids is 1. The molecule has 0 spiro atoms. The second-order valence-electron chi connectivity index (χ2n) is 5.33. The number of halogens is 1. The quantitative estimate of drug-likeness (QED) is 0.715. The van der Waals surface area contributed by atoms with E-state index in [9.17, 15) is 9.18 Å².